The van der Waals surface area contributed by atoms with Crippen LogP contribution >= 0.6 is 0 Å². The molecule has 10 nitrogen and oxygen atoms in total. The maximum Gasteiger partial charge on any atom is 0.255 e. The van der Waals surface area contributed by atoms with E-state index in [1.54, 1.807) is 35.5 Å². The van der Waals surface area contributed by atoms with Gasteiger partial charge in [-0.2, -0.15) is 0 Å². The first-order valence-electron chi connectivity index (χ1n) is 15.5. The zero-order valence-corrected chi connectivity index (χ0v) is 26.3. The number of carbonyl (C=O) groups excluding carboxylic acids is 3. The number of carbonyl (C=O) groups is 3. The molecular formula is C35H43N7O3. The molecule has 3 heterocycles. The van der Waals surface area contributed by atoms with Crippen LogP contribution in [0, 0.1) is 0 Å². The van der Waals surface area contributed by atoms with Crippen molar-refractivity contribution in [3.8, 4) is 0 Å². The molecular weight excluding hydrogens is 566 g/mol. The molecule has 0 saturated heterocycles. The van der Waals surface area contributed by atoms with Crippen LogP contribution in [-0.4, -0.2) is 53.1 Å². The van der Waals surface area contributed by atoms with Gasteiger partial charge >= 0.3 is 0 Å². The summed E-state index contributed by atoms with van der Waals surface area (Å²) in [5.41, 5.74) is 12.8. The smallest absolute Gasteiger partial charge is 0.255 e. The lowest BCUT2D eigenvalue weighted by Gasteiger charge is -2.26. The zero-order valence-electron chi connectivity index (χ0n) is 26.3. The van der Waals surface area contributed by atoms with Gasteiger partial charge in [0.05, 0.1) is 17.6 Å². The van der Waals surface area contributed by atoms with Crippen LogP contribution in [0.4, 0.5) is 17.1 Å². The third-order valence-electron chi connectivity index (χ3n) is 7.47. The topological polar surface area (TPSA) is 142 Å². The number of aryl methyl sites for hydroxylation is 1. The molecule has 236 valence electrons. The second kappa shape index (κ2) is 16.2. The normalized spacial score (nSPS) is 14.9. The number of amidine groups is 1. The van der Waals surface area contributed by atoms with Gasteiger partial charge in [-0.15, -0.1) is 0 Å². The van der Waals surface area contributed by atoms with E-state index in [1.807, 2.05) is 37.3 Å². The van der Waals surface area contributed by atoms with Gasteiger partial charge in [-0.3, -0.25) is 19.4 Å². The summed E-state index contributed by atoms with van der Waals surface area (Å²) in [6.07, 6.45) is 10.5. The molecule has 1 unspecified atom stereocenters. The Hall–Kier alpha value is -4.99. The number of rotatable bonds is 10. The van der Waals surface area contributed by atoms with Crippen molar-refractivity contribution in [2.75, 3.05) is 23.7 Å². The van der Waals surface area contributed by atoms with Crippen LogP contribution in [0.2, 0.25) is 0 Å². The quantitative estimate of drug-likeness (QED) is 0.226. The van der Waals surface area contributed by atoms with Gasteiger partial charge in [0.2, 0.25) is 12.3 Å². The number of benzene rings is 2. The lowest BCUT2D eigenvalue weighted by Crippen LogP contribution is -2.41. The predicted molar refractivity (Wildman–Crippen MR) is 180 cm³/mol. The molecule has 0 aliphatic carbocycles. The Bertz CT molecular complexity index is 1560. The Labute approximate surface area is 265 Å². The van der Waals surface area contributed by atoms with E-state index in [2.05, 4.69) is 45.8 Å². The largest absolute Gasteiger partial charge is 0.387 e. The Balaban J connectivity index is 0.000000448. The van der Waals surface area contributed by atoms with Gasteiger partial charge in [-0.05, 0) is 68.0 Å². The molecule has 3 amide bonds. The predicted octanol–water partition coefficient (Wildman–Crippen LogP) is 5.44. The van der Waals surface area contributed by atoms with E-state index in [0.29, 0.717) is 35.7 Å². The van der Waals surface area contributed by atoms with Crippen LogP contribution in [0.5, 0.6) is 0 Å². The van der Waals surface area contributed by atoms with Crippen molar-refractivity contribution in [1.29, 1.82) is 0 Å². The van der Waals surface area contributed by atoms with Gasteiger partial charge in [0.25, 0.3) is 5.91 Å². The van der Waals surface area contributed by atoms with Gasteiger partial charge in [0.1, 0.15) is 11.9 Å². The molecule has 45 heavy (non-hydrogen) atoms. The summed E-state index contributed by atoms with van der Waals surface area (Å²) in [6, 6.07) is 14.9. The monoisotopic (exact) mass is 609 g/mol. The lowest BCUT2D eigenvalue weighted by atomic mass is 9.97. The first-order chi connectivity index (χ1) is 21.8. The van der Waals surface area contributed by atoms with Crippen LogP contribution < -0.4 is 21.7 Å². The molecule has 5 N–H and O–H groups in total. The first kappa shape index (κ1) is 32.9. The van der Waals surface area contributed by atoms with Gasteiger partial charge in [-0.25, -0.2) is 4.99 Å². The number of amides is 3. The third-order valence-corrected chi connectivity index (χ3v) is 7.47. The summed E-state index contributed by atoms with van der Waals surface area (Å²) in [7, 11) is 0. The Morgan fingerprint density at radius 1 is 1.09 bits per heavy atom. The summed E-state index contributed by atoms with van der Waals surface area (Å²) < 4.78 is 0. The molecule has 10 heteroatoms. The fraction of sp³-hybridized carbons (Fsp3) is 0.343. The molecule has 1 aromatic heterocycles. The van der Waals surface area contributed by atoms with E-state index in [4.69, 9.17) is 5.73 Å². The molecule has 2 aliphatic heterocycles. The molecule has 0 spiro atoms. The van der Waals surface area contributed by atoms with Crippen molar-refractivity contribution in [3.63, 3.8) is 0 Å². The number of fused-ring (bicyclic) bond motifs is 2. The Morgan fingerprint density at radius 3 is 2.62 bits per heavy atom. The van der Waals surface area contributed by atoms with Gasteiger partial charge < -0.3 is 26.6 Å². The standard InChI is InChI=1S/C28H28N6O2.C7H15NO/c1-17-10-20-6-7-21(13-25(20)34-26(29)11-17)27(35)32-22-12-18(14-30-16-22)15-31-28(36)24-9-8-19-4-2-3-5-23(19)33-24;1-3-5-8(7-9)6-4-2/h2-7,10,12-14,16,24,33H,8-9,11,15H2,1H3,(H2,29,34)(H,31,36)(H,32,35);7H,3-6H2,1-2H3. The van der Waals surface area contributed by atoms with Crippen LogP contribution in [0.15, 0.2) is 71.5 Å². The minimum atomic E-state index is -0.278. The SMILES string of the molecule is CC1=Cc2ccc(C(=O)Nc3cncc(CNC(=O)C4CCc5ccccc5N4)c3)cc2N=C(N)C1.CCCN(C=O)CCC. The molecule has 2 aromatic carbocycles. The molecule has 0 radical (unpaired) electrons. The Morgan fingerprint density at radius 2 is 1.87 bits per heavy atom. The molecule has 1 atom stereocenters. The molecule has 0 saturated carbocycles. The van der Waals surface area contributed by atoms with Crippen LogP contribution in [0.1, 0.15) is 73.5 Å². The highest BCUT2D eigenvalue weighted by Crippen LogP contribution is 2.28. The lowest BCUT2D eigenvalue weighted by molar-refractivity contribution is -0.122. The van der Waals surface area contributed by atoms with Crippen molar-refractivity contribution in [2.24, 2.45) is 10.7 Å². The minimum Gasteiger partial charge on any atom is -0.387 e. The summed E-state index contributed by atoms with van der Waals surface area (Å²) in [4.78, 5) is 46.3. The van der Waals surface area contributed by atoms with Gasteiger partial charge in [0, 0.05) is 49.1 Å². The number of anilines is 2. The van der Waals surface area contributed by atoms with E-state index >= 15 is 0 Å². The van der Waals surface area contributed by atoms with E-state index in [9.17, 15) is 14.4 Å². The second-order valence-electron chi connectivity index (χ2n) is 11.3. The maximum absolute atomic E-state index is 12.9. The molecule has 3 aromatic rings. The molecule has 0 fully saturated rings. The summed E-state index contributed by atoms with van der Waals surface area (Å²) >= 11 is 0. The van der Waals surface area contributed by atoms with Crippen molar-refractivity contribution in [2.45, 2.75) is 65.5 Å². The number of nitrogens with one attached hydrogen (secondary N) is 3. The summed E-state index contributed by atoms with van der Waals surface area (Å²) in [5, 5.41) is 9.17. The molecule has 2 aliphatic rings. The van der Waals surface area contributed by atoms with Gasteiger partial charge in [0.15, 0.2) is 0 Å². The number of hydrogen-bond acceptors (Lipinski definition) is 7. The number of hydrogen-bond donors (Lipinski definition) is 4. The second-order valence-corrected chi connectivity index (χ2v) is 11.3. The van der Waals surface area contributed by atoms with E-state index in [1.165, 1.54) is 5.56 Å². The fourth-order valence-electron chi connectivity index (χ4n) is 5.30. The average molecular weight is 610 g/mol. The number of aliphatic imine (C=N–C) groups is 1. The fourth-order valence-corrected chi connectivity index (χ4v) is 5.30. The van der Waals surface area contributed by atoms with E-state index in [-0.39, 0.29) is 17.9 Å². The molecule has 5 rings (SSSR count). The average Bonchev–Trinajstić information content (AvgIpc) is 3.19. The number of aromatic nitrogens is 1. The summed E-state index contributed by atoms with van der Waals surface area (Å²) in [5.74, 6) is 0.184. The highest BCUT2D eigenvalue weighted by Gasteiger charge is 2.23. The maximum atomic E-state index is 12.9. The third kappa shape index (κ3) is 9.50. The highest BCUT2D eigenvalue weighted by atomic mass is 16.2. The van der Waals surface area contributed by atoms with Crippen LogP contribution in [0.3, 0.4) is 0 Å². The zero-order chi connectivity index (χ0) is 32.2. The van der Waals surface area contributed by atoms with Crippen molar-refractivity contribution < 1.29 is 14.4 Å². The molecule has 0 bridgehead atoms. The van der Waals surface area contributed by atoms with Crippen molar-refractivity contribution in [1.82, 2.24) is 15.2 Å². The van der Waals surface area contributed by atoms with Crippen LogP contribution in [-0.2, 0) is 22.6 Å². The Kier molecular flexibility index (Phi) is 11.8. The first-order valence-corrected chi connectivity index (χ1v) is 15.5. The van der Waals surface area contributed by atoms with E-state index in [0.717, 1.165) is 67.6 Å². The van der Waals surface area contributed by atoms with Crippen molar-refractivity contribution in [3.05, 3.63) is 88.8 Å². The van der Waals surface area contributed by atoms with Gasteiger partial charge in [-0.1, -0.05) is 49.8 Å². The van der Waals surface area contributed by atoms with E-state index < -0.39 is 0 Å². The van der Waals surface area contributed by atoms with Crippen molar-refractivity contribution >= 4 is 47.2 Å². The number of nitrogens with two attached hydrogens (primary N) is 1. The number of nitrogens with zero attached hydrogens (tertiary/aromatic N) is 3. The number of pyridine rings is 1. The number of para-hydroxylation sites is 1. The van der Waals surface area contributed by atoms with Crippen LogP contribution in [0.25, 0.3) is 6.08 Å². The minimum absolute atomic E-state index is 0.0620. The summed E-state index contributed by atoms with van der Waals surface area (Å²) in [6.45, 7) is 8.27. The highest BCUT2D eigenvalue weighted by molar-refractivity contribution is 6.05.